The van der Waals surface area contributed by atoms with Crippen molar-refractivity contribution in [1.82, 2.24) is 15.2 Å². The van der Waals surface area contributed by atoms with Crippen LogP contribution in [0.3, 0.4) is 0 Å². The molecule has 1 heterocycles. The first-order chi connectivity index (χ1) is 9.34. The minimum Gasteiger partial charge on any atom is -0.311 e. The molecule has 1 aromatic carbocycles. The van der Waals surface area contributed by atoms with Gasteiger partial charge in [0.05, 0.1) is 0 Å². The molecule has 0 unspecified atom stereocenters. The van der Waals surface area contributed by atoms with E-state index in [0.29, 0.717) is 0 Å². The van der Waals surface area contributed by atoms with Crippen molar-refractivity contribution in [1.29, 1.82) is 0 Å². The normalized spacial score (nSPS) is 10.8. The van der Waals surface area contributed by atoms with Gasteiger partial charge < -0.3 is 10.2 Å². The van der Waals surface area contributed by atoms with E-state index in [1.807, 2.05) is 24.5 Å². The predicted molar refractivity (Wildman–Crippen MR) is 78.7 cm³/mol. The Kier molecular flexibility index (Phi) is 5.53. The number of nitrogens with one attached hydrogen (secondary N) is 1. The summed E-state index contributed by atoms with van der Waals surface area (Å²) in [6, 6.07) is 14.6. The summed E-state index contributed by atoms with van der Waals surface area (Å²) in [6.07, 6.45) is 3.73. The molecule has 0 bridgehead atoms. The van der Waals surface area contributed by atoms with Gasteiger partial charge in [-0.2, -0.15) is 0 Å². The molecule has 3 nitrogen and oxygen atoms in total. The summed E-state index contributed by atoms with van der Waals surface area (Å²) < 4.78 is 0. The molecule has 0 amide bonds. The van der Waals surface area contributed by atoms with Crippen LogP contribution >= 0.6 is 0 Å². The van der Waals surface area contributed by atoms with Crippen molar-refractivity contribution >= 4 is 0 Å². The SMILES string of the molecule is CN(CCNCc1ccccc1)Cc1cccnc1. The van der Waals surface area contributed by atoms with Crippen molar-refractivity contribution in [2.24, 2.45) is 0 Å². The van der Waals surface area contributed by atoms with Crippen LogP contribution in [0.25, 0.3) is 0 Å². The van der Waals surface area contributed by atoms with Crippen molar-refractivity contribution in [2.75, 3.05) is 20.1 Å². The molecule has 3 heteroatoms. The van der Waals surface area contributed by atoms with E-state index in [1.165, 1.54) is 11.1 Å². The Hall–Kier alpha value is -1.71. The van der Waals surface area contributed by atoms with Gasteiger partial charge in [0.25, 0.3) is 0 Å². The van der Waals surface area contributed by atoms with E-state index in [4.69, 9.17) is 0 Å². The number of hydrogen-bond donors (Lipinski definition) is 1. The largest absolute Gasteiger partial charge is 0.311 e. The summed E-state index contributed by atoms with van der Waals surface area (Å²) in [4.78, 5) is 6.43. The zero-order valence-electron chi connectivity index (χ0n) is 11.4. The first-order valence-electron chi connectivity index (χ1n) is 6.66. The van der Waals surface area contributed by atoms with E-state index < -0.39 is 0 Å². The number of pyridine rings is 1. The maximum Gasteiger partial charge on any atom is 0.0312 e. The maximum absolute atomic E-state index is 4.13. The van der Waals surface area contributed by atoms with Gasteiger partial charge in [-0.05, 0) is 24.2 Å². The van der Waals surface area contributed by atoms with Crippen LogP contribution < -0.4 is 5.32 Å². The lowest BCUT2D eigenvalue weighted by Crippen LogP contribution is -2.28. The molecule has 0 aliphatic carbocycles. The molecule has 2 aromatic rings. The van der Waals surface area contributed by atoms with E-state index in [9.17, 15) is 0 Å². The monoisotopic (exact) mass is 255 g/mol. The third kappa shape index (κ3) is 5.20. The van der Waals surface area contributed by atoms with Crippen molar-refractivity contribution in [3.63, 3.8) is 0 Å². The number of rotatable bonds is 7. The molecule has 0 aliphatic heterocycles. The Morgan fingerprint density at radius 1 is 1.05 bits per heavy atom. The second-order valence-corrected chi connectivity index (χ2v) is 4.76. The van der Waals surface area contributed by atoms with E-state index >= 15 is 0 Å². The average molecular weight is 255 g/mol. The molecule has 0 atom stereocenters. The van der Waals surface area contributed by atoms with Crippen LogP contribution in [0.1, 0.15) is 11.1 Å². The zero-order valence-corrected chi connectivity index (χ0v) is 11.4. The summed E-state index contributed by atoms with van der Waals surface area (Å²) >= 11 is 0. The van der Waals surface area contributed by atoms with Gasteiger partial charge in [-0.25, -0.2) is 0 Å². The van der Waals surface area contributed by atoms with E-state index in [0.717, 1.165) is 26.2 Å². The van der Waals surface area contributed by atoms with Gasteiger partial charge in [-0.3, -0.25) is 4.98 Å². The highest BCUT2D eigenvalue weighted by Gasteiger charge is 1.99. The standard InChI is InChI=1S/C16H21N3/c1-19(14-16-8-5-9-17-13-16)11-10-18-12-15-6-3-2-4-7-15/h2-9,13,18H,10-12,14H2,1H3. The fourth-order valence-corrected chi connectivity index (χ4v) is 1.98. The van der Waals surface area contributed by atoms with Crippen LogP contribution in [-0.4, -0.2) is 30.0 Å². The van der Waals surface area contributed by atoms with Crippen molar-refractivity contribution in [2.45, 2.75) is 13.1 Å². The second-order valence-electron chi connectivity index (χ2n) is 4.76. The average Bonchev–Trinajstić information content (AvgIpc) is 2.46. The van der Waals surface area contributed by atoms with Gasteiger partial charge in [0.2, 0.25) is 0 Å². The highest BCUT2D eigenvalue weighted by atomic mass is 15.1. The summed E-state index contributed by atoms with van der Waals surface area (Å²) in [5.74, 6) is 0. The summed E-state index contributed by atoms with van der Waals surface area (Å²) in [7, 11) is 2.14. The van der Waals surface area contributed by atoms with Crippen molar-refractivity contribution < 1.29 is 0 Å². The molecule has 1 N–H and O–H groups in total. The van der Waals surface area contributed by atoms with Crippen molar-refractivity contribution in [3.05, 3.63) is 66.0 Å². The molecule has 19 heavy (non-hydrogen) atoms. The third-order valence-corrected chi connectivity index (χ3v) is 3.02. The Bertz CT molecular complexity index is 456. The second kappa shape index (κ2) is 7.67. The molecular formula is C16H21N3. The van der Waals surface area contributed by atoms with E-state index in [-0.39, 0.29) is 0 Å². The van der Waals surface area contributed by atoms with Gasteiger partial charge in [-0.15, -0.1) is 0 Å². The van der Waals surface area contributed by atoms with Crippen LogP contribution in [0, 0.1) is 0 Å². The van der Waals surface area contributed by atoms with Crippen LogP contribution in [0.5, 0.6) is 0 Å². The van der Waals surface area contributed by atoms with Crippen LogP contribution in [0.2, 0.25) is 0 Å². The number of hydrogen-bond acceptors (Lipinski definition) is 3. The molecule has 0 aliphatic rings. The number of nitrogens with zero attached hydrogens (tertiary/aromatic N) is 2. The molecule has 1 aromatic heterocycles. The molecule has 0 spiro atoms. The molecular weight excluding hydrogens is 234 g/mol. The van der Waals surface area contributed by atoms with E-state index in [1.54, 1.807) is 0 Å². The van der Waals surface area contributed by atoms with Gasteiger partial charge >= 0.3 is 0 Å². The Morgan fingerprint density at radius 3 is 2.58 bits per heavy atom. The molecule has 0 radical (unpaired) electrons. The lowest BCUT2D eigenvalue weighted by atomic mass is 10.2. The number of aromatic nitrogens is 1. The molecule has 2 rings (SSSR count). The Labute approximate surface area is 115 Å². The molecule has 100 valence electrons. The first-order valence-corrected chi connectivity index (χ1v) is 6.66. The van der Waals surface area contributed by atoms with Gasteiger partial charge in [0.15, 0.2) is 0 Å². The van der Waals surface area contributed by atoms with Crippen LogP contribution in [-0.2, 0) is 13.1 Å². The number of benzene rings is 1. The fraction of sp³-hybridized carbons (Fsp3) is 0.312. The van der Waals surface area contributed by atoms with E-state index in [2.05, 4.69) is 52.6 Å². The minimum atomic E-state index is 0.932. The smallest absolute Gasteiger partial charge is 0.0312 e. The minimum absolute atomic E-state index is 0.932. The Balaban J connectivity index is 1.63. The third-order valence-electron chi connectivity index (χ3n) is 3.02. The van der Waals surface area contributed by atoms with Crippen LogP contribution in [0.15, 0.2) is 54.9 Å². The summed E-state index contributed by atoms with van der Waals surface area (Å²) in [5.41, 5.74) is 2.59. The van der Waals surface area contributed by atoms with Crippen molar-refractivity contribution in [3.8, 4) is 0 Å². The summed E-state index contributed by atoms with van der Waals surface area (Å²) in [6.45, 7) is 3.90. The highest BCUT2D eigenvalue weighted by molar-refractivity contribution is 5.14. The van der Waals surface area contributed by atoms with Crippen LogP contribution in [0.4, 0.5) is 0 Å². The lowest BCUT2D eigenvalue weighted by molar-refractivity contribution is 0.324. The first kappa shape index (κ1) is 13.7. The molecule has 0 fully saturated rings. The van der Waals surface area contributed by atoms with Gasteiger partial charge in [0, 0.05) is 38.6 Å². The molecule has 0 saturated carbocycles. The Morgan fingerprint density at radius 2 is 1.84 bits per heavy atom. The van der Waals surface area contributed by atoms with Gasteiger partial charge in [-0.1, -0.05) is 36.4 Å². The van der Waals surface area contributed by atoms with Gasteiger partial charge in [0.1, 0.15) is 0 Å². The zero-order chi connectivity index (χ0) is 13.3. The lowest BCUT2D eigenvalue weighted by Gasteiger charge is -2.16. The fourth-order valence-electron chi connectivity index (χ4n) is 1.98. The molecule has 0 saturated heterocycles. The summed E-state index contributed by atoms with van der Waals surface area (Å²) in [5, 5.41) is 3.46. The highest BCUT2D eigenvalue weighted by Crippen LogP contribution is 2.00. The number of likely N-dealkylation sites (N-methyl/N-ethyl adjacent to an activating group) is 1. The maximum atomic E-state index is 4.13. The quantitative estimate of drug-likeness (QED) is 0.770. The topological polar surface area (TPSA) is 28.2 Å². The predicted octanol–water partition coefficient (Wildman–Crippen LogP) is 2.30.